The summed E-state index contributed by atoms with van der Waals surface area (Å²) in [6.07, 6.45) is 1.79. The van der Waals surface area contributed by atoms with E-state index in [-0.39, 0.29) is 0 Å². The number of hydrogen-bond acceptors (Lipinski definition) is 2. The van der Waals surface area contributed by atoms with E-state index in [0.29, 0.717) is 0 Å². The topological polar surface area (TPSA) is 22.4 Å². The lowest BCUT2D eigenvalue weighted by Crippen LogP contribution is -1.85. The van der Waals surface area contributed by atoms with Gasteiger partial charge in [0, 0.05) is 5.56 Å². The van der Waals surface area contributed by atoms with Gasteiger partial charge in [-0.1, -0.05) is 12.7 Å². The fraction of sp³-hybridized carbons (Fsp3) is 0.143. The molecule has 0 unspecified atom stereocenters. The quantitative estimate of drug-likeness (QED) is 0.773. The molecule has 82 valence electrons. The van der Waals surface area contributed by atoms with Gasteiger partial charge < -0.3 is 9.15 Å². The van der Waals surface area contributed by atoms with Crippen LogP contribution in [0.3, 0.4) is 0 Å². The second-order valence-electron chi connectivity index (χ2n) is 3.61. The molecular formula is C14H14O2. The Morgan fingerprint density at radius 1 is 1.25 bits per heavy atom. The van der Waals surface area contributed by atoms with Crippen LogP contribution in [0.4, 0.5) is 0 Å². The van der Waals surface area contributed by atoms with E-state index in [1.807, 2.05) is 37.3 Å². The largest absolute Gasteiger partial charge is 0.497 e. The van der Waals surface area contributed by atoms with Crippen LogP contribution < -0.4 is 4.74 Å². The Morgan fingerprint density at radius 2 is 2.06 bits per heavy atom. The van der Waals surface area contributed by atoms with Crippen LogP contribution in [0.5, 0.6) is 5.75 Å². The van der Waals surface area contributed by atoms with Gasteiger partial charge in [-0.25, -0.2) is 0 Å². The molecule has 0 aliphatic rings. The highest BCUT2D eigenvalue weighted by Crippen LogP contribution is 2.27. The summed E-state index contributed by atoms with van der Waals surface area (Å²) in [4.78, 5) is 0. The summed E-state index contributed by atoms with van der Waals surface area (Å²) in [5.41, 5.74) is 2.02. The lowest BCUT2D eigenvalue weighted by atomic mass is 10.1. The minimum atomic E-state index is 0.807. The molecule has 0 aliphatic heterocycles. The monoisotopic (exact) mass is 214 g/mol. The van der Waals surface area contributed by atoms with Crippen molar-refractivity contribution in [2.75, 3.05) is 7.11 Å². The molecule has 0 saturated heterocycles. The Balaban J connectivity index is 2.51. The molecule has 0 saturated carbocycles. The van der Waals surface area contributed by atoms with Gasteiger partial charge in [-0.05, 0) is 42.8 Å². The summed E-state index contributed by atoms with van der Waals surface area (Å²) in [6, 6.07) is 9.81. The van der Waals surface area contributed by atoms with Gasteiger partial charge in [-0.3, -0.25) is 0 Å². The number of ether oxygens (including phenoxy) is 1. The van der Waals surface area contributed by atoms with Crippen LogP contribution in [0.2, 0.25) is 0 Å². The molecule has 2 rings (SSSR count). The number of furan rings is 1. The molecule has 0 radical (unpaired) electrons. The Hall–Kier alpha value is -1.96. The molecule has 0 bridgehead atoms. The molecule has 2 aromatic rings. The average Bonchev–Trinajstić information content (AvgIpc) is 2.75. The van der Waals surface area contributed by atoms with E-state index in [1.54, 1.807) is 13.2 Å². The van der Waals surface area contributed by atoms with Crippen LogP contribution >= 0.6 is 0 Å². The minimum Gasteiger partial charge on any atom is -0.497 e. The molecule has 0 aliphatic carbocycles. The van der Waals surface area contributed by atoms with Gasteiger partial charge in [0.1, 0.15) is 17.3 Å². The third-order valence-electron chi connectivity index (χ3n) is 2.43. The molecule has 0 spiro atoms. The lowest BCUT2D eigenvalue weighted by molar-refractivity contribution is 0.414. The molecule has 1 aromatic carbocycles. The Morgan fingerprint density at radius 3 is 2.62 bits per heavy atom. The minimum absolute atomic E-state index is 0.807. The SMILES string of the molecule is C=Cc1cc(OC)cc(-c2ccc(C)o2)c1. The number of aryl methyl sites for hydroxylation is 1. The Labute approximate surface area is 95.2 Å². The fourth-order valence-corrected chi connectivity index (χ4v) is 1.59. The molecular weight excluding hydrogens is 200 g/mol. The van der Waals surface area contributed by atoms with E-state index in [0.717, 1.165) is 28.4 Å². The van der Waals surface area contributed by atoms with Crippen LogP contribution in [-0.2, 0) is 0 Å². The first-order valence-corrected chi connectivity index (χ1v) is 5.11. The Bertz CT molecular complexity index is 509. The van der Waals surface area contributed by atoms with E-state index in [2.05, 4.69) is 6.58 Å². The number of rotatable bonds is 3. The molecule has 0 amide bonds. The van der Waals surface area contributed by atoms with Crippen molar-refractivity contribution in [1.29, 1.82) is 0 Å². The molecule has 0 N–H and O–H groups in total. The summed E-state index contributed by atoms with van der Waals surface area (Å²) in [5, 5.41) is 0. The maximum Gasteiger partial charge on any atom is 0.134 e. The van der Waals surface area contributed by atoms with Crippen molar-refractivity contribution in [3.8, 4) is 17.1 Å². The van der Waals surface area contributed by atoms with Gasteiger partial charge in [-0.15, -0.1) is 0 Å². The molecule has 1 aromatic heterocycles. The van der Waals surface area contributed by atoms with Gasteiger partial charge in [0.15, 0.2) is 0 Å². The molecule has 2 heteroatoms. The predicted octanol–water partition coefficient (Wildman–Crippen LogP) is 3.91. The van der Waals surface area contributed by atoms with Crippen molar-refractivity contribution in [3.05, 3.63) is 48.2 Å². The summed E-state index contributed by atoms with van der Waals surface area (Å²) in [5.74, 6) is 2.55. The van der Waals surface area contributed by atoms with Crippen molar-refractivity contribution in [2.24, 2.45) is 0 Å². The first-order chi connectivity index (χ1) is 7.72. The van der Waals surface area contributed by atoms with Crippen LogP contribution in [0.15, 0.2) is 41.3 Å². The summed E-state index contributed by atoms with van der Waals surface area (Å²) < 4.78 is 10.8. The van der Waals surface area contributed by atoms with Crippen molar-refractivity contribution in [3.63, 3.8) is 0 Å². The lowest BCUT2D eigenvalue weighted by Gasteiger charge is -2.04. The zero-order chi connectivity index (χ0) is 11.5. The second-order valence-corrected chi connectivity index (χ2v) is 3.61. The normalized spacial score (nSPS) is 10.1. The third-order valence-corrected chi connectivity index (χ3v) is 2.43. The Kier molecular flexibility index (Phi) is 2.82. The van der Waals surface area contributed by atoms with Crippen LogP contribution in [0, 0.1) is 6.92 Å². The molecule has 0 atom stereocenters. The molecule has 16 heavy (non-hydrogen) atoms. The third kappa shape index (κ3) is 2.01. The maximum atomic E-state index is 5.58. The zero-order valence-corrected chi connectivity index (χ0v) is 9.49. The van der Waals surface area contributed by atoms with Crippen molar-refractivity contribution in [2.45, 2.75) is 6.92 Å². The van der Waals surface area contributed by atoms with Crippen LogP contribution in [-0.4, -0.2) is 7.11 Å². The fourth-order valence-electron chi connectivity index (χ4n) is 1.59. The number of methoxy groups -OCH3 is 1. The summed E-state index contributed by atoms with van der Waals surface area (Å²) >= 11 is 0. The summed E-state index contributed by atoms with van der Waals surface area (Å²) in [6.45, 7) is 5.69. The van der Waals surface area contributed by atoms with Gasteiger partial charge >= 0.3 is 0 Å². The maximum absolute atomic E-state index is 5.58. The highest BCUT2D eigenvalue weighted by Gasteiger charge is 2.05. The van der Waals surface area contributed by atoms with Crippen molar-refractivity contribution < 1.29 is 9.15 Å². The van der Waals surface area contributed by atoms with Gasteiger partial charge in [0.25, 0.3) is 0 Å². The number of benzene rings is 1. The second kappa shape index (κ2) is 4.27. The first kappa shape index (κ1) is 10.6. The first-order valence-electron chi connectivity index (χ1n) is 5.11. The average molecular weight is 214 g/mol. The van der Waals surface area contributed by atoms with Crippen LogP contribution in [0.25, 0.3) is 17.4 Å². The van der Waals surface area contributed by atoms with Crippen molar-refractivity contribution in [1.82, 2.24) is 0 Å². The molecule has 1 heterocycles. The van der Waals surface area contributed by atoms with E-state index in [9.17, 15) is 0 Å². The number of hydrogen-bond donors (Lipinski definition) is 0. The summed E-state index contributed by atoms with van der Waals surface area (Å²) in [7, 11) is 1.65. The highest BCUT2D eigenvalue weighted by molar-refractivity contribution is 5.65. The zero-order valence-electron chi connectivity index (χ0n) is 9.49. The highest BCUT2D eigenvalue weighted by atomic mass is 16.5. The predicted molar refractivity (Wildman–Crippen MR) is 65.5 cm³/mol. The van der Waals surface area contributed by atoms with E-state index in [1.165, 1.54) is 0 Å². The van der Waals surface area contributed by atoms with E-state index >= 15 is 0 Å². The smallest absolute Gasteiger partial charge is 0.134 e. The molecule has 2 nitrogen and oxygen atoms in total. The van der Waals surface area contributed by atoms with E-state index in [4.69, 9.17) is 9.15 Å². The van der Waals surface area contributed by atoms with E-state index < -0.39 is 0 Å². The van der Waals surface area contributed by atoms with Crippen molar-refractivity contribution >= 4 is 6.08 Å². The van der Waals surface area contributed by atoms with Gasteiger partial charge in [-0.2, -0.15) is 0 Å². The molecule has 0 fully saturated rings. The van der Waals surface area contributed by atoms with Gasteiger partial charge in [0.05, 0.1) is 7.11 Å². The van der Waals surface area contributed by atoms with Gasteiger partial charge in [0.2, 0.25) is 0 Å². The standard InChI is InChI=1S/C14H14O2/c1-4-11-7-12(9-13(8-11)15-3)14-6-5-10(2)16-14/h4-9H,1H2,2-3H3. The van der Waals surface area contributed by atoms with Crippen LogP contribution in [0.1, 0.15) is 11.3 Å².